The normalized spacial score (nSPS) is 10.4. The first-order valence-electron chi connectivity index (χ1n) is 5.41. The van der Waals surface area contributed by atoms with E-state index in [4.69, 9.17) is 5.73 Å². The lowest BCUT2D eigenvalue weighted by Gasteiger charge is -2.16. The van der Waals surface area contributed by atoms with Gasteiger partial charge in [-0.2, -0.15) is 5.10 Å². The van der Waals surface area contributed by atoms with Crippen LogP contribution < -0.4 is 5.73 Å². The van der Waals surface area contributed by atoms with Crippen molar-refractivity contribution in [1.29, 1.82) is 0 Å². The quantitative estimate of drug-likeness (QED) is 0.913. The van der Waals surface area contributed by atoms with Crippen LogP contribution in [0.1, 0.15) is 34.1 Å². The summed E-state index contributed by atoms with van der Waals surface area (Å²) in [6.45, 7) is 8.43. The molecule has 0 saturated carbocycles. The Morgan fingerprint density at radius 2 is 2.18 bits per heavy atom. The van der Waals surface area contributed by atoms with E-state index in [2.05, 4.69) is 32.7 Å². The molecule has 0 unspecified atom stereocenters. The summed E-state index contributed by atoms with van der Waals surface area (Å²) in [7, 11) is 0. The summed E-state index contributed by atoms with van der Waals surface area (Å²) in [5.74, 6) is 0. The van der Waals surface area contributed by atoms with Crippen molar-refractivity contribution < 1.29 is 9.53 Å². The zero-order valence-electron chi connectivity index (χ0n) is 10.7. The Morgan fingerprint density at radius 1 is 1.59 bits per heavy atom. The van der Waals surface area contributed by atoms with Crippen LogP contribution in [0.5, 0.6) is 0 Å². The summed E-state index contributed by atoms with van der Waals surface area (Å²) in [5, 5.41) is 4.08. The van der Waals surface area contributed by atoms with Crippen molar-refractivity contribution in [2.75, 3.05) is 0 Å². The monoisotopic (exact) mass is 305 g/mol. The van der Waals surface area contributed by atoms with Crippen LogP contribution >= 0.6 is 15.9 Å². The molecule has 0 aliphatic carbocycles. The lowest BCUT2D eigenvalue weighted by atomic mass is 10.2. The summed E-state index contributed by atoms with van der Waals surface area (Å²) in [4.78, 5) is 10.0. The second-order valence-corrected chi connectivity index (χ2v) is 5.37. The second-order valence-electron chi connectivity index (χ2n) is 4.46. The molecule has 98 valence electrons. The van der Waals surface area contributed by atoms with E-state index in [1.165, 1.54) is 0 Å². The number of nitrogens with zero attached hydrogens (tertiary/aromatic N) is 2. The van der Waals surface area contributed by atoms with Gasteiger partial charge in [0, 0.05) is 12.7 Å². The van der Waals surface area contributed by atoms with Crippen LogP contribution in [0.25, 0.3) is 0 Å². The van der Waals surface area contributed by atoms with Gasteiger partial charge in [0.05, 0.1) is 10.7 Å². The standard InChI is InChI=1S/C6H9BrN2.C5H11NO2/c1-2-3-9-5-6(7)4-8-9;1-5(2,3)8-4(6)7/h4-5H,2-3H2,1H3;1-3H3,(H2,6,7). The topological polar surface area (TPSA) is 70.1 Å². The molecule has 0 aromatic carbocycles. The molecule has 0 bridgehead atoms. The Kier molecular flexibility index (Phi) is 6.87. The van der Waals surface area contributed by atoms with E-state index in [0.29, 0.717) is 0 Å². The molecule has 5 nitrogen and oxygen atoms in total. The summed E-state index contributed by atoms with van der Waals surface area (Å²) < 4.78 is 7.55. The second kappa shape index (κ2) is 7.32. The molecule has 17 heavy (non-hydrogen) atoms. The molecule has 1 aromatic heterocycles. The van der Waals surface area contributed by atoms with E-state index in [9.17, 15) is 4.79 Å². The number of amides is 1. The summed E-state index contributed by atoms with van der Waals surface area (Å²) in [5.41, 5.74) is 4.26. The molecule has 0 aliphatic heterocycles. The van der Waals surface area contributed by atoms with Gasteiger partial charge in [-0.1, -0.05) is 6.92 Å². The van der Waals surface area contributed by atoms with Gasteiger partial charge in [0.1, 0.15) is 5.60 Å². The van der Waals surface area contributed by atoms with Crippen LogP contribution in [0.3, 0.4) is 0 Å². The van der Waals surface area contributed by atoms with Gasteiger partial charge in [-0.3, -0.25) is 4.68 Å². The van der Waals surface area contributed by atoms with E-state index < -0.39 is 11.7 Å². The van der Waals surface area contributed by atoms with E-state index in [0.717, 1.165) is 17.4 Å². The molecule has 2 N–H and O–H groups in total. The van der Waals surface area contributed by atoms with E-state index >= 15 is 0 Å². The predicted molar refractivity (Wildman–Crippen MR) is 70.6 cm³/mol. The molecule has 1 heterocycles. The largest absolute Gasteiger partial charge is 0.444 e. The van der Waals surface area contributed by atoms with E-state index in [-0.39, 0.29) is 0 Å². The molecule has 0 saturated heterocycles. The van der Waals surface area contributed by atoms with E-state index in [1.807, 2.05) is 10.9 Å². The van der Waals surface area contributed by atoms with Crippen LogP contribution in [0, 0.1) is 0 Å². The number of hydrogen-bond acceptors (Lipinski definition) is 3. The van der Waals surface area contributed by atoms with Crippen molar-refractivity contribution in [3.05, 3.63) is 16.9 Å². The highest BCUT2D eigenvalue weighted by Gasteiger charge is 2.12. The molecular weight excluding hydrogens is 286 g/mol. The Bertz CT molecular complexity index is 345. The molecule has 0 radical (unpaired) electrons. The highest BCUT2D eigenvalue weighted by molar-refractivity contribution is 9.10. The van der Waals surface area contributed by atoms with Gasteiger partial charge in [0.15, 0.2) is 0 Å². The maximum Gasteiger partial charge on any atom is 0.405 e. The van der Waals surface area contributed by atoms with Gasteiger partial charge in [0.2, 0.25) is 0 Å². The molecule has 1 aromatic rings. The Labute approximate surface area is 110 Å². The Morgan fingerprint density at radius 3 is 2.41 bits per heavy atom. The first-order chi connectivity index (χ1) is 7.74. The molecule has 0 aliphatic rings. The van der Waals surface area contributed by atoms with Crippen LogP contribution in [0.15, 0.2) is 16.9 Å². The SMILES string of the molecule is CC(C)(C)OC(N)=O.CCCn1cc(Br)cn1. The molecular formula is C11H20BrN3O2. The predicted octanol–water partition coefficient (Wildman–Crippen LogP) is 2.94. The number of aryl methyl sites for hydroxylation is 1. The zero-order valence-corrected chi connectivity index (χ0v) is 12.3. The Balaban J connectivity index is 0.000000304. The van der Waals surface area contributed by atoms with Crippen molar-refractivity contribution in [2.24, 2.45) is 5.73 Å². The number of carbonyl (C=O) groups is 1. The minimum Gasteiger partial charge on any atom is -0.444 e. The van der Waals surface area contributed by atoms with Gasteiger partial charge in [-0.25, -0.2) is 4.79 Å². The first-order valence-corrected chi connectivity index (χ1v) is 6.20. The van der Waals surface area contributed by atoms with Crippen molar-refractivity contribution in [3.63, 3.8) is 0 Å². The number of primary amides is 1. The summed E-state index contributed by atoms with van der Waals surface area (Å²) >= 11 is 3.32. The molecule has 0 spiro atoms. The van der Waals surface area contributed by atoms with E-state index in [1.54, 1.807) is 27.0 Å². The lowest BCUT2D eigenvalue weighted by molar-refractivity contribution is 0.0600. The lowest BCUT2D eigenvalue weighted by Crippen LogP contribution is -2.27. The zero-order chi connectivity index (χ0) is 13.5. The van der Waals surface area contributed by atoms with Gasteiger partial charge in [-0.05, 0) is 43.1 Å². The van der Waals surface area contributed by atoms with Crippen molar-refractivity contribution in [1.82, 2.24) is 9.78 Å². The fraction of sp³-hybridized carbons (Fsp3) is 0.636. The van der Waals surface area contributed by atoms with Crippen molar-refractivity contribution in [3.8, 4) is 0 Å². The highest BCUT2D eigenvalue weighted by Crippen LogP contribution is 2.06. The number of halogens is 1. The summed E-state index contributed by atoms with van der Waals surface area (Å²) in [6, 6.07) is 0. The van der Waals surface area contributed by atoms with Crippen molar-refractivity contribution in [2.45, 2.75) is 46.3 Å². The number of aromatic nitrogens is 2. The number of nitrogens with two attached hydrogens (primary N) is 1. The average Bonchev–Trinajstić information content (AvgIpc) is 2.48. The maximum absolute atomic E-state index is 10.0. The van der Waals surface area contributed by atoms with Crippen LogP contribution in [0.2, 0.25) is 0 Å². The smallest absolute Gasteiger partial charge is 0.405 e. The van der Waals surface area contributed by atoms with Crippen LogP contribution in [0.4, 0.5) is 4.79 Å². The summed E-state index contributed by atoms with van der Waals surface area (Å²) in [6.07, 6.45) is 4.19. The molecule has 0 fully saturated rings. The molecule has 6 heteroatoms. The fourth-order valence-electron chi connectivity index (χ4n) is 0.992. The van der Waals surface area contributed by atoms with Crippen LogP contribution in [-0.4, -0.2) is 21.5 Å². The fourth-order valence-corrected chi connectivity index (χ4v) is 1.32. The third kappa shape index (κ3) is 9.86. The third-order valence-corrected chi connectivity index (χ3v) is 1.87. The number of carbonyl (C=O) groups excluding carboxylic acids is 1. The van der Waals surface area contributed by atoms with Crippen LogP contribution in [-0.2, 0) is 11.3 Å². The minimum absolute atomic E-state index is 0.453. The average molecular weight is 306 g/mol. The van der Waals surface area contributed by atoms with Gasteiger partial charge in [0.25, 0.3) is 0 Å². The maximum atomic E-state index is 10.0. The van der Waals surface area contributed by atoms with Crippen molar-refractivity contribution >= 4 is 22.0 Å². The number of rotatable bonds is 2. The molecule has 1 amide bonds. The molecule has 1 rings (SSSR count). The van der Waals surface area contributed by atoms with Gasteiger partial charge in [-0.15, -0.1) is 0 Å². The first kappa shape index (κ1) is 16.0. The number of ether oxygens (including phenoxy) is 1. The number of hydrogen-bond donors (Lipinski definition) is 1. The molecule has 0 atom stereocenters. The van der Waals surface area contributed by atoms with Gasteiger partial charge < -0.3 is 10.5 Å². The van der Waals surface area contributed by atoms with Gasteiger partial charge >= 0.3 is 6.09 Å². The third-order valence-electron chi connectivity index (χ3n) is 1.46. The minimum atomic E-state index is -0.725. The highest BCUT2D eigenvalue weighted by atomic mass is 79.9. The Hall–Kier alpha value is -1.04.